The Morgan fingerprint density at radius 1 is 1.26 bits per heavy atom. The zero-order valence-electron chi connectivity index (χ0n) is 12.9. The SMILES string of the molecule is COc1ccc(-c2noc(=O)n2Cc2nc(C)cs2)cc1OC. The summed E-state index contributed by atoms with van der Waals surface area (Å²) >= 11 is 1.49. The van der Waals surface area contributed by atoms with Crippen molar-refractivity contribution < 1.29 is 14.0 Å². The molecule has 3 aromatic rings. The highest BCUT2D eigenvalue weighted by Gasteiger charge is 2.16. The van der Waals surface area contributed by atoms with Crippen molar-refractivity contribution in [2.45, 2.75) is 13.5 Å². The first-order chi connectivity index (χ1) is 11.1. The molecule has 8 heteroatoms. The van der Waals surface area contributed by atoms with Gasteiger partial charge in [-0.25, -0.2) is 14.3 Å². The Morgan fingerprint density at radius 3 is 2.70 bits per heavy atom. The average Bonchev–Trinajstić information content (AvgIpc) is 3.13. The summed E-state index contributed by atoms with van der Waals surface area (Å²) in [6.07, 6.45) is 0. The van der Waals surface area contributed by atoms with Gasteiger partial charge < -0.3 is 9.47 Å². The molecule has 0 unspecified atom stereocenters. The van der Waals surface area contributed by atoms with E-state index in [0.717, 1.165) is 10.7 Å². The third-order valence-electron chi connectivity index (χ3n) is 3.29. The largest absolute Gasteiger partial charge is 0.493 e. The summed E-state index contributed by atoms with van der Waals surface area (Å²) in [4.78, 5) is 16.3. The van der Waals surface area contributed by atoms with Crippen LogP contribution in [0.2, 0.25) is 0 Å². The van der Waals surface area contributed by atoms with Gasteiger partial charge in [-0.1, -0.05) is 5.16 Å². The molecule has 0 aliphatic heterocycles. The molecule has 0 radical (unpaired) electrons. The number of aromatic nitrogens is 3. The first kappa shape index (κ1) is 15.3. The van der Waals surface area contributed by atoms with Crippen LogP contribution in [0.15, 0.2) is 32.9 Å². The van der Waals surface area contributed by atoms with Gasteiger partial charge in [0.15, 0.2) is 17.3 Å². The molecule has 0 bridgehead atoms. The second-order valence-electron chi connectivity index (χ2n) is 4.81. The first-order valence-corrected chi connectivity index (χ1v) is 7.70. The number of rotatable bonds is 5. The van der Waals surface area contributed by atoms with Crippen LogP contribution in [0.3, 0.4) is 0 Å². The van der Waals surface area contributed by atoms with Crippen LogP contribution in [0.5, 0.6) is 11.5 Å². The van der Waals surface area contributed by atoms with E-state index in [9.17, 15) is 4.79 Å². The third kappa shape index (κ3) is 2.98. The van der Waals surface area contributed by atoms with Gasteiger partial charge in [-0.3, -0.25) is 4.52 Å². The van der Waals surface area contributed by atoms with Gasteiger partial charge in [-0.15, -0.1) is 11.3 Å². The molecule has 120 valence electrons. The molecule has 0 amide bonds. The Hall–Kier alpha value is -2.61. The maximum atomic E-state index is 12.0. The predicted octanol–water partition coefficient (Wildman–Crippen LogP) is 2.33. The van der Waals surface area contributed by atoms with Crippen molar-refractivity contribution in [2.75, 3.05) is 14.2 Å². The smallest absolute Gasteiger partial charge is 0.442 e. The van der Waals surface area contributed by atoms with Crippen molar-refractivity contribution in [1.29, 1.82) is 0 Å². The lowest BCUT2D eigenvalue weighted by atomic mass is 10.2. The molecule has 1 aromatic carbocycles. The fourth-order valence-corrected chi connectivity index (χ4v) is 2.96. The van der Waals surface area contributed by atoms with E-state index in [1.807, 2.05) is 12.3 Å². The minimum Gasteiger partial charge on any atom is -0.493 e. The van der Waals surface area contributed by atoms with E-state index in [-0.39, 0.29) is 0 Å². The molecule has 2 aromatic heterocycles. The topological polar surface area (TPSA) is 79.4 Å². The molecule has 2 heterocycles. The fourth-order valence-electron chi connectivity index (χ4n) is 2.20. The van der Waals surface area contributed by atoms with Crippen LogP contribution >= 0.6 is 11.3 Å². The van der Waals surface area contributed by atoms with E-state index in [2.05, 4.69) is 10.1 Å². The van der Waals surface area contributed by atoms with E-state index in [4.69, 9.17) is 14.0 Å². The summed E-state index contributed by atoms with van der Waals surface area (Å²) in [5.41, 5.74) is 1.61. The van der Waals surface area contributed by atoms with E-state index in [1.165, 1.54) is 15.9 Å². The van der Waals surface area contributed by atoms with Crippen LogP contribution < -0.4 is 15.2 Å². The average molecular weight is 333 g/mol. The van der Waals surface area contributed by atoms with Gasteiger partial charge in [0.25, 0.3) is 0 Å². The Morgan fingerprint density at radius 2 is 2.04 bits per heavy atom. The van der Waals surface area contributed by atoms with Crippen molar-refractivity contribution >= 4 is 11.3 Å². The Labute approximate surface area is 136 Å². The Bertz CT molecular complexity index is 881. The molecule has 0 fully saturated rings. The minimum absolute atomic E-state index is 0.310. The second-order valence-corrected chi connectivity index (χ2v) is 5.75. The lowest BCUT2D eigenvalue weighted by Gasteiger charge is -2.09. The van der Waals surface area contributed by atoms with Crippen molar-refractivity contribution in [3.8, 4) is 22.9 Å². The molecular formula is C15H15N3O4S. The standard InChI is InChI=1S/C15H15N3O4S/c1-9-8-23-13(16-9)7-18-14(17-22-15(18)19)10-4-5-11(20-2)12(6-10)21-3/h4-6,8H,7H2,1-3H3. The summed E-state index contributed by atoms with van der Waals surface area (Å²) in [5.74, 6) is 1.05. The fraction of sp³-hybridized carbons (Fsp3) is 0.267. The van der Waals surface area contributed by atoms with Gasteiger partial charge in [-0.2, -0.15) is 0 Å². The molecule has 0 saturated carbocycles. The number of ether oxygens (including phenoxy) is 2. The number of aryl methyl sites for hydroxylation is 1. The number of methoxy groups -OCH3 is 2. The van der Waals surface area contributed by atoms with Crippen LogP contribution in [-0.2, 0) is 6.54 Å². The predicted molar refractivity (Wildman–Crippen MR) is 85.3 cm³/mol. The summed E-state index contributed by atoms with van der Waals surface area (Å²) in [7, 11) is 3.12. The van der Waals surface area contributed by atoms with Crippen molar-refractivity contribution in [1.82, 2.24) is 14.7 Å². The van der Waals surface area contributed by atoms with E-state index < -0.39 is 5.76 Å². The van der Waals surface area contributed by atoms with E-state index in [0.29, 0.717) is 29.4 Å². The summed E-state index contributed by atoms with van der Waals surface area (Å²) in [6.45, 7) is 2.22. The molecule has 0 saturated heterocycles. The lowest BCUT2D eigenvalue weighted by Crippen LogP contribution is -2.16. The molecule has 0 spiro atoms. The number of hydrogen-bond acceptors (Lipinski definition) is 7. The maximum Gasteiger partial charge on any atom is 0.442 e. The van der Waals surface area contributed by atoms with E-state index >= 15 is 0 Å². The van der Waals surface area contributed by atoms with Crippen LogP contribution in [0, 0.1) is 6.92 Å². The van der Waals surface area contributed by atoms with Gasteiger partial charge in [0.05, 0.1) is 20.8 Å². The molecule has 7 nitrogen and oxygen atoms in total. The first-order valence-electron chi connectivity index (χ1n) is 6.82. The van der Waals surface area contributed by atoms with E-state index in [1.54, 1.807) is 32.4 Å². The number of nitrogens with zero attached hydrogens (tertiary/aromatic N) is 3. The lowest BCUT2D eigenvalue weighted by molar-refractivity contribution is 0.355. The molecule has 0 aliphatic carbocycles. The molecule has 0 atom stereocenters. The maximum absolute atomic E-state index is 12.0. The quantitative estimate of drug-likeness (QED) is 0.713. The monoisotopic (exact) mass is 333 g/mol. The third-order valence-corrected chi connectivity index (χ3v) is 4.24. The Balaban J connectivity index is 2.02. The highest BCUT2D eigenvalue weighted by molar-refractivity contribution is 7.09. The van der Waals surface area contributed by atoms with Crippen molar-refractivity contribution in [3.05, 3.63) is 44.8 Å². The normalized spacial score (nSPS) is 10.7. The van der Waals surface area contributed by atoms with Crippen molar-refractivity contribution in [3.63, 3.8) is 0 Å². The zero-order chi connectivity index (χ0) is 16.4. The van der Waals surface area contributed by atoms with Gasteiger partial charge in [0, 0.05) is 16.6 Å². The number of hydrogen-bond donors (Lipinski definition) is 0. The number of benzene rings is 1. The van der Waals surface area contributed by atoms with Crippen molar-refractivity contribution in [2.24, 2.45) is 0 Å². The Kier molecular flexibility index (Phi) is 4.16. The van der Waals surface area contributed by atoms with Crippen LogP contribution in [0.4, 0.5) is 0 Å². The second kappa shape index (κ2) is 6.25. The highest BCUT2D eigenvalue weighted by atomic mass is 32.1. The van der Waals surface area contributed by atoms with Crippen LogP contribution in [0.1, 0.15) is 10.7 Å². The van der Waals surface area contributed by atoms with Gasteiger partial charge >= 0.3 is 5.76 Å². The molecule has 0 aliphatic rings. The van der Waals surface area contributed by atoms with Gasteiger partial charge in [-0.05, 0) is 25.1 Å². The van der Waals surface area contributed by atoms with Crippen LogP contribution in [-0.4, -0.2) is 28.9 Å². The zero-order valence-corrected chi connectivity index (χ0v) is 13.7. The number of thiazole rings is 1. The summed E-state index contributed by atoms with van der Waals surface area (Å²) in [5, 5.41) is 6.62. The molecule has 23 heavy (non-hydrogen) atoms. The summed E-state index contributed by atoms with van der Waals surface area (Å²) in [6, 6.07) is 5.30. The van der Waals surface area contributed by atoms with Crippen LogP contribution in [0.25, 0.3) is 11.4 Å². The highest BCUT2D eigenvalue weighted by Crippen LogP contribution is 2.31. The minimum atomic E-state index is -0.525. The van der Waals surface area contributed by atoms with Gasteiger partial charge in [0.1, 0.15) is 5.01 Å². The molecule has 0 N–H and O–H groups in total. The molecular weight excluding hydrogens is 318 g/mol. The van der Waals surface area contributed by atoms with Gasteiger partial charge in [0.2, 0.25) is 0 Å². The molecule has 3 rings (SSSR count). The summed E-state index contributed by atoms with van der Waals surface area (Å²) < 4.78 is 16.8.